The minimum atomic E-state index is -4.70. The molecule has 0 fully saturated rings. The molecule has 5 nitrogen and oxygen atoms in total. The molecule has 1 aromatic carbocycles. The van der Waals surface area contributed by atoms with Crippen molar-refractivity contribution in [2.45, 2.75) is 26.3 Å². The Labute approximate surface area is 113 Å². The lowest BCUT2D eigenvalue weighted by Gasteiger charge is -2.10. The summed E-state index contributed by atoms with van der Waals surface area (Å²) in [5.41, 5.74) is 7.70. The molecule has 0 amide bonds. The summed E-state index contributed by atoms with van der Waals surface area (Å²) in [5.74, 6) is -0.286. The first-order valence-electron chi connectivity index (χ1n) is 5.82. The highest BCUT2D eigenvalue weighted by Crippen LogP contribution is 2.24. The van der Waals surface area contributed by atoms with Crippen LogP contribution in [-0.4, -0.2) is 21.4 Å². The molecule has 0 saturated heterocycles. The molecule has 2 rings (SSSR count). The number of hydrogen-bond acceptors (Lipinski definition) is 4. The van der Waals surface area contributed by atoms with E-state index >= 15 is 0 Å². The molecule has 1 unspecified atom stereocenters. The maximum Gasteiger partial charge on any atom is 0.573 e. The lowest BCUT2D eigenvalue weighted by molar-refractivity contribution is -0.274. The third-order valence-electron chi connectivity index (χ3n) is 2.68. The van der Waals surface area contributed by atoms with Crippen LogP contribution >= 0.6 is 0 Å². The first-order chi connectivity index (χ1) is 9.28. The normalized spacial score (nSPS) is 13.3. The molecule has 20 heavy (non-hydrogen) atoms. The van der Waals surface area contributed by atoms with Crippen LogP contribution < -0.4 is 10.5 Å². The second kappa shape index (κ2) is 5.12. The van der Waals surface area contributed by atoms with Gasteiger partial charge in [0.15, 0.2) is 0 Å². The second-order valence-electron chi connectivity index (χ2n) is 4.30. The van der Waals surface area contributed by atoms with Gasteiger partial charge in [-0.3, -0.25) is 0 Å². The van der Waals surface area contributed by atoms with Crippen molar-refractivity contribution in [3.63, 3.8) is 0 Å². The van der Waals surface area contributed by atoms with Crippen molar-refractivity contribution in [1.82, 2.24) is 15.0 Å². The molecule has 108 valence electrons. The predicted octanol–water partition coefficient (Wildman–Crippen LogP) is 2.49. The Kier molecular flexibility index (Phi) is 3.67. The van der Waals surface area contributed by atoms with E-state index in [9.17, 15) is 13.2 Å². The monoisotopic (exact) mass is 286 g/mol. The van der Waals surface area contributed by atoms with E-state index in [4.69, 9.17) is 5.73 Å². The number of nitrogens with zero attached hydrogens (tertiary/aromatic N) is 3. The van der Waals surface area contributed by atoms with Crippen LogP contribution in [0, 0.1) is 6.92 Å². The van der Waals surface area contributed by atoms with Gasteiger partial charge in [-0.1, -0.05) is 5.21 Å². The van der Waals surface area contributed by atoms with Crippen LogP contribution in [0.25, 0.3) is 5.69 Å². The fraction of sp³-hybridized carbons (Fsp3) is 0.333. The number of aromatic nitrogens is 3. The Balaban J connectivity index is 2.26. The molecular formula is C12H13F3N4O. The number of alkyl halides is 3. The Morgan fingerprint density at radius 3 is 2.30 bits per heavy atom. The summed E-state index contributed by atoms with van der Waals surface area (Å²) in [5, 5.41) is 7.89. The van der Waals surface area contributed by atoms with E-state index in [1.807, 2.05) is 0 Å². The predicted molar refractivity (Wildman–Crippen MR) is 65.4 cm³/mol. The highest BCUT2D eigenvalue weighted by molar-refractivity contribution is 5.38. The number of hydrogen-bond donors (Lipinski definition) is 1. The third kappa shape index (κ3) is 3.08. The lowest BCUT2D eigenvalue weighted by atomic mass is 10.2. The Morgan fingerprint density at radius 1 is 1.25 bits per heavy atom. The fourth-order valence-corrected chi connectivity index (χ4v) is 1.80. The van der Waals surface area contributed by atoms with Crippen LogP contribution in [0.5, 0.6) is 5.75 Å². The number of benzene rings is 1. The van der Waals surface area contributed by atoms with Crippen LogP contribution in [0.4, 0.5) is 13.2 Å². The van der Waals surface area contributed by atoms with Crippen molar-refractivity contribution >= 4 is 0 Å². The van der Waals surface area contributed by atoms with E-state index in [2.05, 4.69) is 15.0 Å². The van der Waals surface area contributed by atoms with Crippen molar-refractivity contribution < 1.29 is 17.9 Å². The van der Waals surface area contributed by atoms with Crippen molar-refractivity contribution in [2.75, 3.05) is 0 Å². The van der Waals surface area contributed by atoms with Gasteiger partial charge >= 0.3 is 6.36 Å². The molecule has 1 atom stereocenters. The number of nitrogens with two attached hydrogens (primary N) is 1. The van der Waals surface area contributed by atoms with Gasteiger partial charge in [0.25, 0.3) is 0 Å². The molecule has 0 aliphatic rings. The average Bonchev–Trinajstić information content (AvgIpc) is 2.70. The zero-order valence-corrected chi connectivity index (χ0v) is 10.8. The van der Waals surface area contributed by atoms with Crippen molar-refractivity contribution in [1.29, 1.82) is 0 Å². The summed E-state index contributed by atoms with van der Waals surface area (Å²) in [6.45, 7) is 3.57. The van der Waals surface area contributed by atoms with Gasteiger partial charge in [-0.2, -0.15) is 0 Å². The molecular weight excluding hydrogens is 273 g/mol. The Morgan fingerprint density at radius 2 is 1.85 bits per heavy atom. The van der Waals surface area contributed by atoms with Gasteiger partial charge in [0, 0.05) is 6.04 Å². The molecule has 2 N–H and O–H groups in total. The number of ether oxygens (including phenoxy) is 1. The van der Waals surface area contributed by atoms with Crippen LogP contribution in [0.1, 0.15) is 24.4 Å². The Hall–Kier alpha value is -2.09. The van der Waals surface area contributed by atoms with Gasteiger partial charge in [0.2, 0.25) is 0 Å². The highest BCUT2D eigenvalue weighted by Gasteiger charge is 2.31. The van der Waals surface area contributed by atoms with Gasteiger partial charge in [0.05, 0.1) is 11.4 Å². The fourth-order valence-electron chi connectivity index (χ4n) is 1.80. The van der Waals surface area contributed by atoms with E-state index < -0.39 is 6.36 Å². The lowest BCUT2D eigenvalue weighted by Crippen LogP contribution is -2.17. The summed E-state index contributed by atoms with van der Waals surface area (Å²) in [7, 11) is 0. The maximum absolute atomic E-state index is 12.1. The molecule has 0 aliphatic carbocycles. The number of rotatable bonds is 3. The summed E-state index contributed by atoms with van der Waals surface area (Å²) in [6, 6.07) is 5.10. The van der Waals surface area contributed by atoms with Gasteiger partial charge in [-0.15, -0.1) is 18.3 Å². The standard InChI is InChI=1S/C12H13F3N4O/c1-7(16)11-8(2)19(18-17-11)9-3-5-10(6-4-9)20-12(13,14)15/h3-7H,16H2,1-2H3. The zero-order valence-electron chi connectivity index (χ0n) is 10.8. The molecule has 2 aromatic rings. The van der Waals surface area contributed by atoms with Crippen molar-refractivity contribution in [3.8, 4) is 11.4 Å². The third-order valence-corrected chi connectivity index (χ3v) is 2.68. The topological polar surface area (TPSA) is 66.0 Å². The van der Waals surface area contributed by atoms with Gasteiger partial charge < -0.3 is 10.5 Å². The average molecular weight is 286 g/mol. The van der Waals surface area contributed by atoms with Crippen LogP contribution in [0.3, 0.4) is 0 Å². The molecule has 8 heteroatoms. The van der Waals surface area contributed by atoms with E-state index in [0.29, 0.717) is 11.4 Å². The smallest absolute Gasteiger partial charge is 0.406 e. The molecule has 0 spiro atoms. The van der Waals surface area contributed by atoms with E-state index in [1.165, 1.54) is 28.9 Å². The molecule has 0 radical (unpaired) electrons. The van der Waals surface area contributed by atoms with E-state index in [0.717, 1.165) is 5.69 Å². The van der Waals surface area contributed by atoms with Crippen molar-refractivity contribution in [3.05, 3.63) is 35.7 Å². The quantitative estimate of drug-likeness (QED) is 0.941. The van der Waals surface area contributed by atoms with E-state index in [1.54, 1.807) is 13.8 Å². The van der Waals surface area contributed by atoms with Crippen LogP contribution in [0.15, 0.2) is 24.3 Å². The molecule has 0 saturated carbocycles. The first-order valence-corrected chi connectivity index (χ1v) is 5.82. The van der Waals surface area contributed by atoms with Crippen molar-refractivity contribution in [2.24, 2.45) is 5.73 Å². The molecule has 1 aromatic heterocycles. The first kappa shape index (κ1) is 14.3. The SMILES string of the molecule is Cc1c(C(C)N)nnn1-c1ccc(OC(F)(F)F)cc1. The van der Waals surface area contributed by atoms with Crippen LogP contribution in [-0.2, 0) is 0 Å². The molecule has 0 aliphatic heterocycles. The molecule has 1 heterocycles. The van der Waals surface area contributed by atoms with Gasteiger partial charge in [-0.25, -0.2) is 4.68 Å². The molecule has 0 bridgehead atoms. The van der Waals surface area contributed by atoms with E-state index in [-0.39, 0.29) is 11.8 Å². The summed E-state index contributed by atoms with van der Waals surface area (Å²) in [6.07, 6.45) is -4.70. The second-order valence-corrected chi connectivity index (χ2v) is 4.30. The van der Waals surface area contributed by atoms with Gasteiger partial charge in [0.1, 0.15) is 11.4 Å². The largest absolute Gasteiger partial charge is 0.573 e. The summed E-state index contributed by atoms with van der Waals surface area (Å²) in [4.78, 5) is 0. The van der Waals surface area contributed by atoms with Gasteiger partial charge in [-0.05, 0) is 38.1 Å². The minimum absolute atomic E-state index is 0.267. The van der Waals surface area contributed by atoms with Crippen LogP contribution in [0.2, 0.25) is 0 Å². The Bertz CT molecular complexity index is 590. The maximum atomic E-state index is 12.1. The summed E-state index contributed by atoms with van der Waals surface area (Å²) >= 11 is 0. The summed E-state index contributed by atoms with van der Waals surface area (Å²) < 4.78 is 41.5. The number of halogens is 3. The minimum Gasteiger partial charge on any atom is -0.406 e. The highest BCUT2D eigenvalue weighted by atomic mass is 19.4. The zero-order chi connectivity index (χ0) is 14.9.